The van der Waals surface area contributed by atoms with E-state index in [9.17, 15) is 8.42 Å². The van der Waals surface area contributed by atoms with E-state index in [1.54, 1.807) is 13.0 Å². The highest BCUT2D eigenvalue weighted by Crippen LogP contribution is 2.17. The zero-order chi connectivity index (χ0) is 9.35. The van der Waals surface area contributed by atoms with E-state index in [0.29, 0.717) is 5.02 Å². The van der Waals surface area contributed by atoms with Gasteiger partial charge in [0.25, 0.3) is 0 Å². The Morgan fingerprint density at radius 1 is 1.42 bits per heavy atom. The molecular weight excluding hydrogens is 196 g/mol. The first-order valence-corrected chi connectivity index (χ1v) is 5.56. The average Bonchev–Trinajstić information content (AvgIpc) is 1.82. The van der Waals surface area contributed by atoms with Gasteiger partial charge in [0.1, 0.15) is 0 Å². The predicted molar refractivity (Wildman–Crippen MR) is 48.1 cm³/mol. The lowest BCUT2D eigenvalue weighted by Gasteiger charge is -1.99. The van der Waals surface area contributed by atoms with E-state index in [-0.39, 0.29) is 4.90 Å². The highest BCUT2D eigenvalue weighted by molar-refractivity contribution is 7.90. The van der Waals surface area contributed by atoms with Crippen molar-refractivity contribution in [1.29, 1.82) is 0 Å². The molecule has 0 N–H and O–H groups in total. The summed E-state index contributed by atoms with van der Waals surface area (Å²) in [4.78, 5) is 0.240. The first kappa shape index (κ1) is 9.55. The topological polar surface area (TPSA) is 34.1 Å². The minimum absolute atomic E-state index is 0.240. The third-order valence-corrected chi connectivity index (χ3v) is 2.67. The number of sulfone groups is 1. The van der Waals surface area contributed by atoms with Crippen molar-refractivity contribution in [3.63, 3.8) is 0 Å². The van der Waals surface area contributed by atoms with E-state index in [4.69, 9.17) is 11.6 Å². The predicted octanol–water partition coefficient (Wildman–Crippen LogP) is 1.85. The second kappa shape index (κ2) is 3.07. The largest absolute Gasteiger partial charge is 0.224 e. The van der Waals surface area contributed by atoms with Crippen LogP contribution in [-0.2, 0) is 9.84 Å². The summed E-state index contributed by atoms with van der Waals surface area (Å²) >= 11 is 5.64. The second-order valence-electron chi connectivity index (χ2n) is 2.62. The van der Waals surface area contributed by atoms with Crippen molar-refractivity contribution < 1.29 is 8.42 Å². The molecule has 1 radical (unpaired) electrons. The first-order valence-electron chi connectivity index (χ1n) is 3.29. The molecule has 12 heavy (non-hydrogen) atoms. The summed E-state index contributed by atoms with van der Waals surface area (Å²) < 4.78 is 22.1. The molecule has 0 aliphatic carbocycles. The number of hydrogen-bond acceptors (Lipinski definition) is 2. The summed E-state index contributed by atoms with van der Waals surface area (Å²) in [5.74, 6) is 0. The fourth-order valence-corrected chi connectivity index (χ4v) is 1.91. The molecule has 1 rings (SSSR count). The molecule has 1 aromatic carbocycles. The average molecular weight is 204 g/mol. The summed E-state index contributed by atoms with van der Waals surface area (Å²) in [5.41, 5.74) is 0.725. The van der Waals surface area contributed by atoms with Crippen molar-refractivity contribution >= 4 is 21.4 Å². The van der Waals surface area contributed by atoms with Crippen molar-refractivity contribution in [2.45, 2.75) is 11.8 Å². The molecular formula is C8H8ClO2S. The second-order valence-corrected chi connectivity index (χ2v) is 5.04. The summed E-state index contributed by atoms with van der Waals surface area (Å²) in [7, 11) is -3.15. The van der Waals surface area contributed by atoms with E-state index in [0.717, 1.165) is 11.8 Å². The van der Waals surface area contributed by atoms with Gasteiger partial charge < -0.3 is 0 Å². The molecule has 0 spiro atoms. The van der Waals surface area contributed by atoms with Gasteiger partial charge in [0.2, 0.25) is 0 Å². The fraction of sp³-hybridized carbons (Fsp3) is 0.250. The van der Waals surface area contributed by atoms with Crippen LogP contribution >= 0.6 is 11.6 Å². The minimum Gasteiger partial charge on any atom is -0.224 e. The summed E-state index contributed by atoms with van der Waals surface area (Å²) in [5, 5.41) is 0.329. The molecule has 0 saturated carbocycles. The van der Waals surface area contributed by atoms with Crippen LogP contribution in [0.15, 0.2) is 17.0 Å². The van der Waals surface area contributed by atoms with Crippen molar-refractivity contribution in [2.24, 2.45) is 0 Å². The molecule has 0 amide bonds. The van der Waals surface area contributed by atoms with Gasteiger partial charge in [0.15, 0.2) is 9.84 Å². The number of rotatable bonds is 1. The maximum absolute atomic E-state index is 11.1. The first-order chi connectivity index (χ1) is 5.39. The van der Waals surface area contributed by atoms with Gasteiger partial charge in [-0.25, -0.2) is 8.42 Å². The van der Waals surface area contributed by atoms with Crippen molar-refractivity contribution in [2.75, 3.05) is 6.26 Å². The number of aryl methyl sites for hydroxylation is 1. The summed E-state index contributed by atoms with van der Waals surface area (Å²) in [6.45, 7) is 1.75. The van der Waals surface area contributed by atoms with Crippen LogP contribution in [0.1, 0.15) is 5.56 Å². The standard InChI is InChI=1S/C8H8ClO2S/c1-6-3-7(9)5-8(4-6)12(2,10)11/h4-5H,1-2H3. The van der Waals surface area contributed by atoms with E-state index >= 15 is 0 Å². The van der Waals surface area contributed by atoms with E-state index in [1.807, 2.05) is 0 Å². The molecule has 4 heteroatoms. The maximum atomic E-state index is 11.1. The van der Waals surface area contributed by atoms with Crippen LogP contribution < -0.4 is 0 Å². The molecule has 0 aromatic heterocycles. The Bertz CT molecular complexity index is 375. The van der Waals surface area contributed by atoms with E-state index in [1.165, 1.54) is 6.07 Å². The third-order valence-electron chi connectivity index (χ3n) is 1.37. The Kier molecular flexibility index (Phi) is 2.44. The smallest absolute Gasteiger partial charge is 0.175 e. The van der Waals surface area contributed by atoms with Crippen molar-refractivity contribution in [1.82, 2.24) is 0 Å². The van der Waals surface area contributed by atoms with Gasteiger partial charge in [0, 0.05) is 12.3 Å². The van der Waals surface area contributed by atoms with Crippen molar-refractivity contribution in [3.05, 3.63) is 28.8 Å². The molecule has 0 aliphatic heterocycles. The molecule has 0 heterocycles. The minimum atomic E-state index is -3.15. The Morgan fingerprint density at radius 3 is 2.42 bits per heavy atom. The molecule has 0 unspecified atom stereocenters. The van der Waals surface area contributed by atoms with Gasteiger partial charge in [0.05, 0.1) is 9.92 Å². The van der Waals surface area contributed by atoms with Crippen LogP contribution in [0.2, 0.25) is 5.02 Å². The molecule has 0 atom stereocenters. The Hall–Kier alpha value is -0.540. The number of benzene rings is 1. The number of hydrogen-bond donors (Lipinski definition) is 0. The molecule has 0 aliphatic rings. The summed E-state index contributed by atoms with van der Waals surface area (Å²) in [6, 6.07) is 5.72. The van der Waals surface area contributed by atoms with Crippen LogP contribution in [0.5, 0.6) is 0 Å². The van der Waals surface area contributed by atoms with E-state index < -0.39 is 9.84 Å². The maximum Gasteiger partial charge on any atom is 0.175 e. The van der Waals surface area contributed by atoms with Crippen molar-refractivity contribution in [3.8, 4) is 0 Å². The van der Waals surface area contributed by atoms with Crippen LogP contribution in [0.4, 0.5) is 0 Å². The van der Waals surface area contributed by atoms with Crippen LogP contribution in [0.3, 0.4) is 0 Å². The Morgan fingerprint density at radius 2 is 2.00 bits per heavy atom. The lowest BCUT2D eigenvalue weighted by Crippen LogP contribution is -1.97. The zero-order valence-electron chi connectivity index (χ0n) is 6.76. The number of halogens is 1. The lowest BCUT2D eigenvalue weighted by atomic mass is 10.2. The lowest BCUT2D eigenvalue weighted by molar-refractivity contribution is 0.602. The molecule has 0 fully saturated rings. The monoisotopic (exact) mass is 203 g/mol. The molecule has 1 aromatic rings. The fourth-order valence-electron chi connectivity index (χ4n) is 0.855. The van der Waals surface area contributed by atoms with Crippen LogP contribution in [0, 0.1) is 13.0 Å². The molecule has 65 valence electrons. The highest BCUT2D eigenvalue weighted by atomic mass is 35.5. The molecule has 0 saturated heterocycles. The Balaban J connectivity index is 3.37. The zero-order valence-corrected chi connectivity index (χ0v) is 8.33. The Labute approximate surface area is 77.1 Å². The van der Waals surface area contributed by atoms with Gasteiger partial charge >= 0.3 is 0 Å². The molecule has 0 bridgehead atoms. The van der Waals surface area contributed by atoms with Gasteiger partial charge in [-0.05, 0) is 24.6 Å². The van der Waals surface area contributed by atoms with E-state index in [2.05, 4.69) is 6.07 Å². The van der Waals surface area contributed by atoms with Gasteiger partial charge in [-0.2, -0.15) is 0 Å². The van der Waals surface area contributed by atoms with Gasteiger partial charge in [-0.3, -0.25) is 0 Å². The highest BCUT2D eigenvalue weighted by Gasteiger charge is 2.07. The van der Waals surface area contributed by atoms with Crippen LogP contribution in [-0.4, -0.2) is 14.7 Å². The van der Waals surface area contributed by atoms with Gasteiger partial charge in [-0.1, -0.05) is 11.6 Å². The third kappa shape index (κ3) is 2.22. The summed E-state index contributed by atoms with van der Waals surface area (Å²) in [6.07, 6.45) is 1.15. The van der Waals surface area contributed by atoms with Gasteiger partial charge in [-0.15, -0.1) is 0 Å². The molecule has 2 nitrogen and oxygen atoms in total. The SMILES string of the molecule is Cc1[c]c(Cl)cc(S(C)(=O)=O)c1. The van der Waals surface area contributed by atoms with Crippen LogP contribution in [0.25, 0.3) is 0 Å². The normalized spacial score (nSPS) is 11.6. The quantitative estimate of drug-likeness (QED) is 0.698.